The maximum atomic E-state index is 9.51. The first-order valence-corrected chi connectivity index (χ1v) is 11.4. The van der Waals surface area contributed by atoms with E-state index in [2.05, 4.69) is 24.0 Å². The summed E-state index contributed by atoms with van der Waals surface area (Å²) >= 11 is 0. The molecule has 1 saturated heterocycles. The first-order valence-electron chi connectivity index (χ1n) is 11.4. The largest absolute Gasteiger partial charge is 0.393 e. The minimum absolute atomic E-state index is 0.0314. The summed E-state index contributed by atoms with van der Waals surface area (Å²) in [5.41, 5.74) is 0. The minimum Gasteiger partial charge on any atom is -0.393 e. The SMILES string of the molecule is CCCCCCCC/C=C\CCCCCCCCN1CCC(O)CC1. The Bertz CT molecular complexity index is 294. The van der Waals surface area contributed by atoms with Crippen molar-refractivity contribution in [3.05, 3.63) is 12.2 Å². The predicted molar refractivity (Wildman–Crippen MR) is 111 cm³/mol. The Morgan fingerprint density at radius 2 is 1.20 bits per heavy atom. The third-order valence-electron chi connectivity index (χ3n) is 5.54. The van der Waals surface area contributed by atoms with Gasteiger partial charge in [0.1, 0.15) is 0 Å². The second kappa shape index (κ2) is 17.1. The smallest absolute Gasteiger partial charge is 0.0564 e. The van der Waals surface area contributed by atoms with Gasteiger partial charge in [-0.3, -0.25) is 0 Å². The van der Waals surface area contributed by atoms with Gasteiger partial charge in [0.05, 0.1) is 6.10 Å². The predicted octanol–water partition coefficient (Wildman–Crippen LogP) is 6.48. The Kier molecular flexibility index (Phi) is 15.5. The fourth-order valence-electron chi connectivity index (χ4n) is 3.73. The summed E-state index contributed by atoms with van der Waals surface area (Å²) in [7, 11) is 0. The Balaban J connectivity index is 1.73. The Morgan fingerprint density at radius 3 is 1.76 bits per heavy atom. The van der Waals surface area contributed by atoms with Crippen molar-refractivity contribution in [1.29, 1.82) is 0 Å². The number of likely N-dealkylation sites (tertiary alicyclic amines) is 1. The fraction of sp³-hybridized carbons (Fsp3) is 0.913. The van der Waals surface area contributed by atoms with Gasteiger partial charge in [0.15, 0.2) is 0 Å². The van der Waals surface area contributed by atoms with Crippen LogP contribution in [-0.2, 0) is 0 Å². The Labute approximate surface area is 158 Å². The fourth-order valence-corrected chi connectivity index (χ4v) is 3.73. The molecule has 1 rings (SSSR count). The second-order valence-electron chi connectivity index (χ2n) is 8.01. The highest BCUT2D eigenvalue weighted by Gasteiger charge is 2.15. The molecule has 0 amide bonds. The maximum Gasteiger partial charge on any atom is 0.0564 e. The standard InChI is InChI=1S/C23H45NO/c1-2-3-4-5-6-7-8-9-10-11-12-13-14-15-16-17-20-24-21-18-23(25)19-22-24/h9-10,23,25H,2-8,11-22H2,1H3/b10-9-. The van der Waals surface area contributed by atoms with Crippen LogP contribution in [0, 0.1) is 0 Å². The molecule has 0 aromatic carbocycles. The van der Waals surface area contributed by atoms with Gasteiger partial charge in [-0.25, -0.2) is 0 Å². The Morgan fingerprint density at radius 1 is 0.720 bits per heavy atom. The average molecular weight is 352 g/mol. The first-order chi connectivity index (χ1) is 12.3. The van der Waals surface area contributed by atoms with E-state index >= 15 is 0 Å². The van der Waals surface area contributed by atoms with Gasteiger partial charge in [0.25, 0.3) is 0 Å². The molecule has 25 heavy (non-hydrogen) atoms. The van der Waals surface area contributed by atoms with E-state index in [4.69, 9.17) is 0 Å². The van der Waals surface area contributed by atoms with Crippen LogP contribution in [0.3, 0.4) is 0 Å². The van der Waals surface area contributed by atoms with Gasteiger partial charge in [-0.05, 0) is 51.5 Å². The third kappa shape index (κ3) is 14.5. The number of aliphatic hydroxyl groups is 1. The quantitative estimate of drug-likeness (QED) is 0.254. The minimum atomic E-state index is -0.0314. The molecule has 0 saturated carbocycles. The summed E-state index contributed by atoms with van der Waals surface area (Å²) in [5, 5.41) is 9.51. The molecule has 0 spiro atoms. The van der Waals surface area contributed by atoms with Gasteiger partial charge >= 0.3 is 0 Å². The normalized spacial score (nSPS) is 16.9. The third-order valence-corrected chi connectivity index (χ3v) is 5.54. The second-order valence-corrected chi connectivity index (χ2v) is 8.01. The molecule has 0 unspecified atom stereocenters. The number of hydrogen-bond donors (Lipinski definition) is 1. The summed E-state index contributed by atoms with van der Waals surface area (Å²) in [6.45, 7) is 5.73. The topological polar surface area (TPSA) is 23.5 Å². The number of aliphatic hydroxyl groups excluding tert-OH is 1. The lowest BCUT2D eigenvalue weighted by molar-refractivity contribution is 0.0817. The lowest BCUT2D eigenvalue weighted by Gasteiger charge is -2.29. The van der Waals surface area contributed by atoms with Crippen LogP contribution < -0.4 is 0 Å². The van der Waals surface area contributed by atoms with Gasteiger partial charge in [-0.15, -0.1) is 0 Å². The highest BCUT2D eigenvalue weighted by molar-refractivity contribution is 4.81. The zero-order valence-electron chi connectivity index (χ0n) is 17.1. The van der Waals surface area contributed by atoms with E-state index in [0.717, 1.165) is 25.9 Å². The number of allylic oxidation sites excluding steroid dienone is 2. The lowest BCUT2D eigenvalue weighted by Crippen LogP contribution is -2.36. The van der Waals surface area contributed by atoms with Crippen molar-refractivity contribution in [2.24, 2.45) is 0 Å². The van der Waals surface area contributed by atoms with Gasteiger partial charge in [0.2, 0.25) is 0 Å². The molecule has 1 aliphatic rings. The summed E-state index contributed by atoms with van der Waals surface area (Å²) < 4.78 is 0. The van der Waals surface area contributed by atoms with Crippen LogP contribution in [0.1, 0.15) is 110 Å². The highest BCUT2D eigenvalue weighted by atomic mass is 16.3. The van der Waals surface area contributed by atoms with Crippen LogP contribution in [0.15, 0.2) is 12.2 Å². The zero-order chi connectivity index (χ0) is 18.0. The van der Waals surface area contributed by atoms with Gasteiger partial charge < -0.3 is 10.0 Å². The van der Waals surface area contributed by atoms with Gasteiger partial charge in [-0.2, -0.15) is 0 Å². The molecule has 148 valence electrons. The summed E-state index contributed by atoms with van der Waals surface area (Å²) in [6.07, 6.45) is 26.1. The van der Waals surface area contributed by atoms with Crippen molar-refractivity contribution < 1.29 is 5.11 Å². The first kappa shape index (κ1) is 22.7. The molecule has 0 aromatic heterocycles. The van der Waals surface area contributed by atoms with Crippen molar-refractivity contribution in [2.75, 3.05) is 19.6 Å². The van der Waals surface area contributed by atoms with Gasteiger partial charge in [-0.1, -0.05) is 76.9 Å². The van der Waals surface area contributed by atoms with E-state index in [1.807, 2.05) is 0 Å². The molecule has 1 fully saturated rings. The molecule has 1 aliphatic heterocycles. The number of unbranched alkanes of at least 4 members (excludes halogenated alkanes) is 12. The number of nitrogens with zero attached hydrogens (tertiary/aromatic N) is 1. The molecule has 1 heterocycles. The van der Waals surface area contributed by atoms with E-state index in [-0.39, 0.29) is 6.10 Å². The molecule has 2 nitrogen and oxygen atoms in total. The van der Waals surface area contributed by atoms with E-state index in [1.165, 1.54) is 96.4 Å². The Hall–Kier alpha value is -0.340. The van der Waals surface area contributed by atoms with Crippen LogP contribution in [0.2, 0.25) is 0 Å². The number of rotatable bonds is 16. The van der Waals surface area contributed by atoms with Crippen LogP contribution in [0.25, 0.3) is 0 Å². The zero-order valence-corrected chi connectivity index (χ0v) is 17.1. The molecule has 0 aromatic rings. The number of hydrogen-bond acceptors (Lipinski definition) is 2. The molecule has 0 atom stereocenters. The average Bonchev–Trinajstić information content (AvgIpc) is 2.63. The van der Waals surface area contributed by atoms with Crippen molar-refractivity contribution in [1.82, 2.24) is 4.90 Å². The number of piperidine rings is 1. The highest BCUT2D eigenvalue weighted by Crippen LogP contribution is 2.13. The molecule has 0 bridgehead atoms. The van der Waals surface area contributed by atoms with E-state index < -0.39 is 0 Å². The van der Waals surface area contributed by atoms with Crippen molar-refractivity contribution in [3.63, 3.8) is 0 Å². The van der Waals surface area contributed by atoms with Crippen LogP contribution >= 0.6 is 0 Å². The van der Waals surface area contributed by atoms with E-state index in [9.17, 15) is 5.11 Å². The summed E-state index contributed by atoms with van der Waals surface area (Å²) in [5.74, 6) is 0. The molecule has 0 aliphatic carbocycles. The van der Waals surface area contributed by atoms with Crippen LogP contribution in [0.4, 0.5) is 0 Å². The van der Waals surface area contributed by atoms with Crippen LogP contribution in [-0.4, -0.2) is 35.7 Å². The molecule has 2 heteroatoms. The lowest BCUT2D eigenvalue weighted by atomic mass is 10.1. The molecular weight excluding hydrogens is 306 g/mol. The van der Waals surface area contributed by atoms with E-state index in [0.29, 0.717) is 0 Å². The monoisotopic (exact) mass is 351 g/mol. The van der Waals surface area contributed by atoms with Crippen LogP contribution in [0.5, 0.6) is 0 Å². The molecule has 1 N–H and O–H groups in total. The summed E-state index contributed by atoms with van der Waals surface area (Å²) in [6, 6.07) is 0. The maximum absolute atomic E-state index is 9.51. The van der Waals surface area contributed by atoms with Gasteiger partial charge in [0, 0.05) is 13.1 Å². The molecule has 0 radical (unpaired) electrons. The van der Waals surface area contributed by atoms with E-state index in [1.54, 1.807) is 0 Å². The van der Waals surface area contributed by atoms with Crippen molar-refractivity contribution in [2.45, 2.75) is 116 Å². The van der Waals surface area contributed by atoms with Crippen molar-refractivity contribution in [3.8, 4) is 0 Å². The summed E-state index contributed by atoms with van der Waals surface area (Å²) in [4.78, 5) is 2.53. The van der Waals surface area contributed by atoms with Crippen molar-refractivity contribution >= 4 is 0 Å². The molecular formula is C23H45NO.